The maximum Gasteiger partial charge on any atom is 0.134 e. The molecule has 2 nitrogen and oxygen atoms in total. The third kappa shape index (κ3) is 4.40. The average molecular weight is 422 g/mol. The topological polar surface area (TPSA) is 25.0 Å². The SMILES string of the molecule is C=C(/C=C\C=C(/C)CCCC)c1cccc(-c2ccc3[nH]c4ccccc4c3c2)c1OC. The smallest absolute Gasteiger partial charge is 0.134 e. The van der Waals surface area contributed by atoms with E-state index in [9.17, 15) is 0 Å². The summed E-state index contributed by atoms with van der Waals surface area (Å²) in [6.07, 6.45) is 9.94. The second kappa shape index (κ2) is 9.74. The standard InChI is InChI=1S/C30H31NO/c1-5-6-11-21(2)12-9-13-22(3)24-15-10-16-25(30(24)32-4)23-18-19-29-27(20-23)26-14-7-8-17-28(26)31-29/h7-10,12-20,31H,3,5-6,11H2,1-2,4H3/b13-9-,21-12+. The van der Waals surface area contributed by atoms with E-state index in [2.05, 4.69) is 104 Å². The molecule has 0 saturated heterocycles. The number of H-pyrrole nitrogens is 1. The number of methoxy groups -OCH3 is 1. The van der Waals surface area contributed by atoms with E-state index in [0.29, 0.717) is 0 Å². The van der Waals surface area contributed by atoms with E-state index in [0.717, 1.165) is 45.5 Å². The van der Waals surface area contributed by atoms with Crippen molar-refractivity contribution in [1.82, 2.24) is 4.98 Å². The van der Waals surface area contributed by atoms with Gasteiger partial charge >= 0.3 is 0 Å². The molecule has 1 N–H and O–H groups in total. The van der Waals surface area contributed by atoms with Crippen LogP contribution >= 0.6 is 0 Å². The van der Waals surface area contributed by atoms with E-state index in [1.165, 1.54) is 29.2 Å². The largest absolute Gasteiger partial charge is 0.495 e. The Balaban J connectivity index is 1.70. The second-order valence-corrected chi connectivity index (χ2v) is 8.32. The molecule has 1 heterocycles. The van der Waals surface area contributed by atoms with Crippen molar-refractivity contribution >= 4 is 27.4 Å². The monoisotopic (exact) mass is 421 g/mol. The summed E-state index contributed by atoms with van der Waals surface area (Å²) in [6, 6.07) is 21.2. The summed E-state index contributed by atoms with van der Waals surface area (Å²) in [4.78, 5) is 3.50. The van der Waals surface area contributed by atoms with Crippen molar-refractivity contribution in [2.45, 2.75) is 33.1 Å². The Labute approximate surface area is 190 Å². The third-order valence-corrected chi connectivity index (χ3v) is 5.99. The van der Waals surface area contributed by atoms with Crippen LogP contribution in [0, 0.1) is 0 Å². The highest BCUT2D eigenvalue weighted by Crippen LogP contribution is 2.38. The minimum Gasteiger partial charge on any atom is -0.495 e. The minimum absolute atomic E-state index is 0.855. The number of rotatable bonds is 8. The lowest BCUT2D eigenvalue weighted by Gasteiger charge is -2.14. The highest BCUT2D eigenvalue weighted by atomic mass is 16.5. The number of aromatic nitrogens is 1. The number of fused-ring (bicyclic) bond motifs is 3. The van der Waals surface area contributed by atoms with Crippen LogP contribution in [-0.2, 0) is 0 Å². The van der Waals surface area contributed by atoms with Crippen LogP contribution in [0.5, 0.6) is 5.75 Å². The summed E-state index contributed by atoms with van der Waals surface area (Å²) in [5.41, 5.74) is 7.85. The van der Waals surface area contributed by atoms with Crippen molar-refractivity contribution in [3.63, 3.8) is 0 Å². The molecular formula is C30H31NO. The van der Waals surface area contributed by atoms with Crippen molar-refractivity contribution in [2.75, 3.05) is 7.11 Å². The molecule has 32 heavy (non-hydrogen) atoms. The number of hydrogen-bond acceptors (Lipinski definition) is 1. The van der Waals surface area contributed by atoms with Crippen molar-refractivity contribution in [1.29, 1.82) is 0 Å². The lowest BCUT2D eigenvalue weighted by Crippen LogP contribution is -1.93. The Morgan fingerprint density at radius 1 is 1.00 bits per heavy atom. The number of hydrogen-bond donors (Lipinski definition) is 1. The predicted molar refractivity (Wildman–Crippen MR) is 139 cm³/mol. The van der Waals surface area contributed by atoms with Crippen LogP contribution in [0.4, 0.5) is 0 Å². The Kier molecular flexibility index (Phi) is 6.61. The van der Waals surface area contributed by atoms with Crippen molar-refractivity contribution in [3.8, 4) is 16.9 Å². The fourth-order valence-electron chi connectivity index (χ4n) is 4.21. The summed E-state index contributed by atoms with van der Waals surface area (Å²) in [6.45, 7) is 8.72. The summed E-state index contributed by atoms with van der Waals surface area (Å²) in [5.74, 6) is 0.855. The Hall–Kier alpha value is -3.52. The van der Waals surface area contributed by atoms with Crippen LogP contribution < -0.4 is 4.74 Å². The number of nitrogens with one attached hydrogen (secondary N) is 1. The van der Waals surface area contributed by atoms with Crippen molar-refractivity contribution < 1.29 is 4.74 Å². The van der Waals surface area contributed by atoms with E-state index in [4.69, 9.17) is 4.74 Å². The maximum atomic E-state index is 5.90. The number of allylic oxidation sites excluding steroid dienone is 5. The predicted octanol–water partition coefficient (Wildman–Crippen LogP) is 8.70. The van der Waals surface area contributed by atoms with Crippen molar-refractivity contribution in [3.05, 3.63) is 96.6 Å². The van der Waals surface area contributed by atoms with Crippen LogP contribution in [-0.4, -0.2) is 12.1 Å². The van der Waals surface area contributed by atoms with E-state index < -0.39 is 0 Å². The molecule has 0 amide bonds. The van der Waals surface area contributed by atoms with Gasteiger partial charge in [-0.3, -0.25) is 0 Å². The quantitative estimate of drug-likeness (QED) is 0.283. The first-order valence-corrected chi connectivity index (χ1v) is 11.3. The second-order valence-electron chi connectivity index (χ2n) is 8.32. The zero-order chi connectivity index (χ0) is 22.5. The molecule has 162 valence electrons. The molecular weight excluding hydrogens is 390 g/mol. The lowest BCUT2D eigenvalue weighted by atomic mass is 9.96. The molecule has 0 bridgehead atoms. The van der Waals surface area contributed by atoms with Gasteiger partial charge in [-0.15, -0.1) is 0 Å². The van der Waals surface area contributed by atoms with E-state index >= 15 is 0 Å². The molecule has 0 atom stereocenters. The van der Waals surface area contributed by atoms with Gasteiger partial charge in [0.15, 0.2) is 0 Å². The molecule has 0 aliphatic carbocycles. The Morgan fingerprint density at radius 3 is 2.62 bits per heavy atom. The van der Waals surface area contributed by atoms with Crippen LogP contribution in [0.25, 0.3) is 38.5 Å². The van der Waals surface area contributed by atoms with Gasteiger partial charge in [-0.2, -0.15) is 0 Å². The van der Waals surface area contributed by atoms with Crippen LogP contribution in [0.15, 0.2) is 91.0 Å². The molecule has 0 fully saturated rings. The number of para-hydroxylation sites is 2. The molecule has 0 aliphatic heterocycles. The first-order valence-electron chi connectivity index (χ1n) is 11.3. The minimum atomic E-state index is 0.855. The third-order valence-electron chi connectivity index (χ3n) is 5.99. The molecule has 1 aromatic heterocycles. The maximum absolute atomic E-state index is 5.90. The van der Waals surface area contributed by atoms with Gasteiger partial charge in [-0.25, -0.2) is 0 Å². The van der Waals surface area contributed by atoms with Gasteiger partial charge < -0.3 is 9.72 Å². The number of ether oxygens (including phenoxy) is 1. The molecule has 0 spiro atoms. The van der Waals surface area contributed by atoms with Crippen LogP contribution in [0.3, 0.4) is 0 Å². The van der Waals surface area contributed by atoms with Gasteiger partial charge in [-0.1, -0.05) is 86.2 Å². The fourth-order valence-corrected chi connectivity index (χ4v) is 4.21. The average Bonchev–Trinajstić information content (AvgIpc) is 3.20. The zero-order valence-electron chi connectivity index (χ0n) is 19.2. The van der Waals surface area contributed by atoms with Gasteiger partial charge in [0.2, 0.25) is 0 Å². The molecule has 0 unspecified atom stereocenters. The normalized spacial score (nSPS) is 12.2. The molecule has 3 aromatic carbocycles. The molecule has 0 saturated carbocycles. The Morgan fingerprint density at radius 2 is 1.81 bits per heavy atom. The first kappa shape index (κ1) is 21.7. The van der Waals surface area contributed by atoms with Gasteiger partial charge in [0.05, 0.1) is 7.11 Å². The molecule has 2 heteroatoms. The van der Waals surface area contributed by atoms with Gasteiger partial charge in [-0.05, 0) is 49.1 Å². The van der Waals surface area contributed by atoms with Crippen LogP contribution in [0.2, 0.25) is 0 Å². The van der Waals surface area contributed by atoms with Crippen molar-refractivity contribution in [2.24, 2.45) is 0 Å². The fraction of sp³-hybridized carbons (Fsp3) is 0.200. The molecule has 0 radical (unpaired) electrons. The number of benzene rings is 3. The van der Waals surface area contributed by atoms with E-state index in [-0.39, 0.29) is 0 Å². The first-order chi connectivity index (χ1) is 15.6. The van der Waals surface area contributed by atoms with Crippen LogP contribution in [0.1, 0.15) is 38.7 Å². The van der Waals surface area contributed by atoms with Gasteiger partial charge in [0.1, 0.15) is 5.75 Å². The summed E-state index contributed by atoms with van der Waals surface area (Å²) in [5, 5.41) is 2.45. The number of unbranched alkanes of at least 4 members (excludes halogenated alkanes) is 1. The summed E-state index contributed by atoms with van der Waals surface area (Å²) >= 11 is 0. The number of aromatic amines is 1. The molecule has 4 rings (SSSR count). The van der Waals surface area contributed by atoms with E-state index in [1.54, 1.807) is 7.11 Å². The summed E-state index contributed by atoms with van der Waals surface area (Å²) < 4.78 is 5.90. The highest BCUT2D eigenvalue weighted by molar-refractivity contribution is 6.08. The highest BCUT2D eigenvalue weighted by Gasteiger charge is 2.13. The van der Waals surface area contributed by atoms with Gasteiger partial charge in [0.25, 0.3) is 0 Å². The summed E-state index contributed by atoms with van der Waals surface area (Å²) in [7, 11) is 1.73. The zero-order valence-corrected chi connectivity index (χ0v) is 19.2. The molecule has 4 aromatic rings. The Bertz CT molecular complexity index is 1320. The lowest BCUT2D eigenvalue weighted by molar-refractivity contribution is 0.415. The van der Waals surface area contributed by atoms with Gasteiger partial charge in [0, 0.05) is 32.9 Å². The molecule has 0 aliphatic rings. The van der Waals surface area contributed by atoms with E-state index in [1.807, 2.05) is 0 Å².